The third kappa shape index (κ3) is 7.18. The summed E-state index contributed by atoms with van der Waals surface area (Å²) in [5, 5.41) is 5.56. The summed E-state index contributed by atoms with van der Waals surface area (Å²) in [6, 6.07) is 4.52. The number of allylic oxidation sites excluding steroid dienone is 1. The SMILES string of the molecule is CCCCCCCCCOc1ccc(C2NC(=O)NC(CC)=C2C(=O)OCC)cc1OC. The van der Waals surface area contributed by atoms with Gasteiger partial charge in [-0.25, -0.2) is 9.59 Å². The van der Waals surface area contributed by atoms with E-state index in [4.69, 9.17) is 14.2 Å². The van der Waals surface area contributed by atoms with Crippen molar-refractivity contribution in [3.05, 3.63) is 35.0 Å². The summed E-state index contributed by atoms with van der Waals surface area (Å²) in [7, 11) is 1.58. The highest BCUT2D eigenvalue weighted by molar-refractivity contribution is 5.95. The molecule has 178 valence electrons. The molecular formula is C25H38N2O5. The number of carbonyl (C=O) groups excluding carboxylic acids is 2. The molecule has 2 rings (SSSR count). The van der Waals surface area contributed by atoms with Gasteiger partial charge < -0.3 is 24.8 Å². The molecule has 0 aliphatic carbocycles. The molecule has 1 aromatic rings. The zero-order chi connectivity index (χ0) is 23.3. The standard InChI is InChI=1S/C25H38N2O5/c1-5-8-9-10-11-12-13-16-32-20-15-14-18(17-21(20)30-4)23-22(24(28)31-7-3)19(6-2)26-25(29)27-23/h14-15,17,23H,5-13,16H2,1-4H3,(H2,26,27,29). The number of esters is 1. The molecule has 1 aliphatic heterocycles. The fraction of sp³-hybridized carbons (Fsp3) is 0.600. The van der Waals surface area contributed by atoms with Gasteiger partial charge in [-0.2, -0.15) is 0 Å². The summed E-state index contributed by atoms with van der Waals surface area (Å²) in [5.74, 6) is 0.777. The van der Waals surface area contributed by atoms with E-state index >= 15 is 0 Å². The van der Waals surface area contributed by atoms with Crippen molar-refractivity contribution < 1.29 is 23.8 Å². The van der Waals surface area contributed by atoms with Crippen LogP contribution >= 0.6 is 0 Å². The van der Waals surface area contributed by atoms with Crippen LogP contribution in [0.2, 0.25) is 0 Å². The summed E-state index contributed by atoms with van der Waals surface area (Å²) >= 11 is 0. The number of benzene rings is 1. The molecule has 1 unspecified atom stereocenters. The van der Waals surface area contributed by atoms with Crippen molar-refractivity contribution in [1.29, 1.82) is 0 Å². The van der Waals surface area contributed by atoms with Crippen molar-refractivity contribution >= 4 is 12.0 Å². The average Bonchev–Trinajstić information content (AvgIpc) is 2.80. The van der Waals surface area contributed by atoms with Crippen LogP contribution in [0.4, 0.5) is 4.79 Å². The largest absolute Gasteiger partial charge is 0.493 e. The second-order valence-corrected chi connectivity index (χ2v) is 7.88. The van der Waals surface area contributed by atoms with Crippen LogP contribution in [0, 0.1) is 0 Å². The molecule has 2 N–H and O–H groups in total. The molecule has 0 fully saturated rings. The molecule has 7 nitrogen and oxygen atoms in total. The predicted molar refractivity (Wildman–Crippen MR) is 125 cm³/mol. The van der Waals surface area contributed by atoms with Crippen molar-refractivity contribution in [3.8, 4) is 11.5 Å². The Morgan fingerprint density at radius 3 is 2.38 bits per heavy atom. The van der Waals surface area contributed by atoms with Crippen molar-refractivity contribution in [3.63, 3.8) is 0 Å². The number of nitrogens with one attached hydrogen (secondary N) is 2. The number of methoxy groups -OCH3 is 1. The number of rotatable bonds is 14. The zero-order valence-corrected chi connectivity index (χ0v) is 19.9. The summed E-state index contributed by atoms with van der Waals surface area (Å²) in [6.07, 6.45) is 9.05. The Kier molecular flexibility index (Phi) is 10.9. The van der Waals surface area contributed by atoms with Crippen LogP contribution in [-0.4, -0.2) is 32.3 Å². The van der Waals surface area contributed by atoms with Crippen LogP contribution in [-0.2, 0) is 9.53 Å². The van der Waals surface area contributed by atoms with E-state index in [2.05, 4.69) is 17.6 Å². The van der Waals surface area contributed by atoms with Crippen LogP contribution in [0.5, 0.6) is 11.5 Å². The Labute approximate surface area is 191 Å². The average molecular weight is 447 g/mol. The quantitative estimate of drug-likeness (QED) is 0.295. The normalized spacial score (nSPS) is 15.8. The fourth-order valence-corrected chi connectivity index (χ4v) is 3.82. The minimum absolute atomic E-state index is 0.259. The first-order valence-corrected chi connectivity index (χ1v) is 11.8. The van der Waals surface area contributed by atoms with Crippen molar-refractivity contribution in [2.24, 2.45) is 0 Å². The lowest BCUT2D eigenvalue weighted by atomic mass is 9.94. The Bertz CT molecular complexity index is 791. The van der Waals surface area contributed by atoms with Gasteiger partial charge in [0, 0.05) is 5.70 Å². The van der Waals surface area contributed by atoms with E-state index in [1.165, 1.54) is 32.1 Å². The number of hydrogen-bond acceptors (Lipinski definition) is 5. The molecule has 0 saturated heterocycles. The maximum atomic E-state index is 12.6. The monoisotopic (exact) mass is 446 g/mol. The van der Waals surface area contributed by atoms with Gasteiger partial charge in [0.2, 0.25) is 0 Å². The van der Waals surface area contributed by atoms with Crippen LogP contribution in [0.25, 0.3) is 0 Å². The van der Waals surface area contributed by atoms with Gasteiger partial charge in [-0.1, -0.05) is 58.4 Å². The van der Waals surface area contributed by atoms with Crippen molar-refractivity contribution in [1.82, 2.24) is 10.6 Å². The summed E-state index contributed by atoms with van der Waals surface area (Å²) in [4.78, 5) is 24.8. The molecule has 1 heterocycles. The highest BCUT2D eigenvalue weighted by atomic mass is 16.5. The minimum atomic E-state index is -0.621. The van der Waals surface area contributed by atoms with Crippen LogP contribution in [0.15, 0.2) is 29.5 Å². The number of amides is 2. The molecule has 2 amide bonds. The molecule has 0 bridgehead atoms. The smallest absolute Gasteiger partial charge is 0.338 e. The van der Waals surface area contributed by atoms with Crippen LogP contribution in [0.3, 0.4) is 0 Å². The van der Waals surface area contributed by atoms with Crippen LogP contribution < -0.4 is 20.1 Å². The topological polar surface area (TPSA) is 85.9 Å². The van der Waals surface area contributed by atoms with Gasteiger partial charge >= 0.3 is 12.0 Å². The van der Waals surface area contributed by atoms with Gasteiger partial charge in [0.05, 0.1) is 31.9 Å². The molecule has 0 spiro atoms. The second kappa shape index (κ2) is 13.7. The molecule has 1 aromatic carbocycles. The lowest BCUT2D eigenvalue weighted by Gasteiger charge is -2.29. The first-order chi connectivity index (χ1) is 15.5. The van der Waals surface area contributed by atoms with E-state index in [0.29, 0.717) is 35.8 Å². The Morgan fingerprint density at radius 1 is 1.00 bits per heavy atom. The fourth-order valence-electron chi connectivity index (χ4n) is 3.82. The maximum absolute atomic E-state index is 12.6. The molecule has 0 radical (unpaired) electrons. The summed E-state index contributed by atoms with van der Waals surface area (Å²) < 4.78 is 16.7. The van der Waals surface area contributed by atoms with E-state index in [-0.39, 0.29) is 12.6 Å². The van der Waals surface area contributed by atoms with Gasteiger partial charge in [-0.05, 0) is 37.5 Å². The third-order valence-electron chi connectivity index (χ3n) is 5.53. The van der Waals surface area contributed by atoms with E-state index in [9.17, 15) is 9.59 Å². The molecule has 0 saturated carbocycles. The third-order valence-corrected chi connectivity index (χ3v) is 5.53. The van der Waals surface area contributed by atoms with E-state index in [1.807, 2.05) is 25.1 Å². The Hall–Kier alpha value is -2.70. The Balaban J connectivity index is 2.09. The second-order valence-electron chi connectivity index (χ2n) is 7.88. The predicted octanol–water partition coefficient (Wildman–Crippen LogP) is 5.41. The number of carbonyl (C=O) groups is 2. The molecule has 32 heavy (non-hydrogen) atoms. The molecular weight excluding hydrogens is 408 g/mol. The van der Waals surface area contributed by atoms with E-state index < -0.39 is 12.0 Å². The number of unbranched alkanes of at least 4 members (excludes halogenated alkanes) is 6. The molecule has 7 heteroatoms. The van der Waals surface area contributed by atoms with Crippen molar-refractivity contribution in [2.75, 3.05) is 20.3 Å². The number of hydrogen-bond donors (Lipinski definition) is 2. The van der Waals surface area contributed by atoms with Crippen LogP contribution in [0.1, 0.15) is 83.7 Å². The molecule has 1 aliphatic rings. The van der Waals surface area contributed by atoms with Gasteiger partial charge in [0.15, 0.2) is 11.5 Å². The molecule has 0 aromatic heterocycles. The lowest BCUT2D eigenvalue weighted by Crippen LogP contribution is -2.45. The highest BCUT2D eigenvalue weighted by Gasteiger charge is 2.33. The lowest BCUT2D eigenvalue weighted by molar-refractivity contribution is -0.139. The maximum Gasteiger partial charge on any atom is 0.338 e. The van der Waals surface area contributed by atoms with Gasteiger partial charge in [0.25, 0.3) is 0 Å². The number of urea groups is 1. The first kappa shape index (κ1) is 25.6. The highest BCUT2D eigenvalue weighted by Crippen LogP contribution is 2.35. The van der Waals surface area contributed by atoms with Crippen molar-refractivity contribution in [2.45, 2.75) is 78.2 Å². The minimum Gasteiger partial charge on any atom is -0.493 e. The van der Waals surface area contributed by atoms with Gasteiger partial charge in [-0.15, -0.1) is 0 Å². The zero-order valence-electron chi connectivity index (χ0n) is 19.9. The van der Waals surface area contributed by atoms with Gasteiger partial charge in [0.1, 0.15) is 0 Å². The van der Waals surface area contributed by atoms with E-state index in [1.54, 1.807) is 14.0 Å². The summed E-state index contributed by atoms with van der Waals surface area (Å²) in [5.41, 5.74) is 1.71. The van der Waals surface area contributed by atoms with Gasteiger partial charge in [-0.3, -0.25) is 0 Å². The van der Waals surface area contributed by atoms with E-state index in [0.717, 1.165) is 18.4 Å². The first-order valence-electron chi connectivity index (χ1n) is 11.8. The molecule has 1 atom stereocenters. The number of ether oxygens (including phenoxy) is 3. The Morgan fingerprint density at radius 2 is 1.72 bits per heavy atom. The summed E-state index contributed by atoms with van der Waals surface area (Å²) in [6.45, 7) is 6.76.